The number of hydrogen-bond donors (Lipinski definition) is 2. The van der Waals surface area contributed by atoms with Crippen LogP contribution in [0.1, 0.15) is 5.56 Å². The molecule has 0 saturated carbocycles. The first-order chi connectivity index (χ1) is 16.3. The summed E-state index contributed by atoms with van der Waals surface area (Å²) in [6.07, 6.45) is 1.21. The molecule has 7 heteroatoms. The van der Waals surface area contributed by atoms with Crippen LogP contribution in [0, 0.1) is 0 Å². The molecule has 34 heavy (non-hydrogen) atoms. The van der Waals surface area contributed by atoms with Crippen molar-refractivity contribution in [1.82, 2.24) is 0 Å². The van der Waals surface area contributed by atoms with E-state index in [2.05, 4.69) is 0 Å². The van der Waals surface area contributed by atoms with Crippen LogP contribution in [0.25, 0.3) is 5.31 Å². The van der Waals surface area contributed by atoms with E-state index in [1.165, 1.54) is 18.2 Å². The maximum atomic E-state index is 12.2. The van der Waals surface area contributed by atoms with Crippen LogP contribution in [-0.2, 0) is 14.9 Å². The van der Waals surface area contributed by atoms with Crippen molar-refractivity contribution in [2.45, 2.75) is 4.90 Å². The van der Waals surface area contributed by atoms with Gasteiger partial charge < -0.3 is 5.11 Å². The molecule has 0 aliphatic heterocycles. The number of carbonyl (C=O) groups is 1. The van der Waals surface area contributed by atoms with Crippen molar-refractivity contribution in [1.29, 1.82) is 0 Å². The highest BCUT2D eigenvalue weighted by Gasteiger charge is 2.50. The van der Waals surface area contributed by atoms with Gasteiger partial charge in [0.25, 0.3) is 10.1 Å². The third-order valence-electron chi connectivity index (χ3n) is 5.48. The van der Waals surface area contributed by atoms with Crippen molar-refractivity contribution < 1.29 is 22.9 Å². The van der Waals surface area contributed by atoms with Gasteiger partial charge in [0, 0.05) is 11.6 Å². The summed E-state index contributed by atoms with van der Waals surface area (Å²) in [4.78, 5) is 11.9. The Morgan fingerprint density at radius 2 is 1.15 bits per heavy atom. The molecule has 4 aromatic rings. The third kappa shape index (κ3) is 4.57. The monoisotopic (exact) mass is 489 g/mol. The molecule has 2 N–H and O–H groups in total. The molecule has 0 fully saturated rings. The first kappa shape index (κ1) is 23.6. The number of carboxylic acid groups (broad SMARTS) is 1. The van der Waals surface area contributed by atoms with E-state index in [-0.39, 0.29) is 4.90 Å². The van der Waals surface area contributed by atoms with Crippen molar-refractivity contribution in [3.05, 3.63) is 127 Å². The Hall–Kier alpha value is -3.57. The van der Waals surface area contributed by atoms with E-state index in [0.717, 1.165) is 10.6 Å². The molecule has 0 unspecified atom stereocenters. The van der Waals surface area contributed by atoms with Crippen molar-refractivity contribution in [2.75, 3.05) is 0 Å². The molecule has 5 nitrogen and oxygen atoms in total. The zero-order valence-electron chi connectivity index (χ0n) is 18.0. The van der Waals surface area contributed by atoms with Crippen molar-refractivity contribution in [3.63, 3.8) is 0 Å². The lowest BCUT2D eigenvalue weighted by molar-refractivity contribution is -0.131. The van der Waals surface area contributed by atoms with E-state index >= 15 is 0 Å². The minimum absolute atomic E-state index is 0.246. The largest absolute Gasteiger partial charge is 0.478 e. The summed E-state index contributed by atoms with van der Waals surface area (Å²) in [5.41, 5.74) is 0.711. The van der Waals surface area contributed by atoms with Gasteiger partial charge >= 0.3 is 5.97 Å². The number of benzene rings is 4. The molecule has 0 bridgehead atoms. The summed E-state index contributed by atoms with van der Waals surface area (Å²) in [5, 5.41) is 12.8. The number of rotatable bonds is 7. The number of hydrogen-bond acceptors (Lipinski definition) is 3. The predicted octanol–water partition coefficient (Wildman–Crippen LogP) is 4.35. The minimum Gasteiger partial charge on any atom is -0.478 e. The fourth-order valence-electron chi connectivity index (χ4n) is 4.12. The van der Waals surface area contributed by atoms with Crippen LogP contribution in [0.4, 0.5) is 0 Å². The van der Waals surface area contributed by atoms with Crippen LogP contribution in [0.2, 0.25) is 0 Å². The molecular weight excluding hydrogens is 467 g/mol. The van der Waals surface area contributed by atoms with Gasteiger partial charge in [-0.3, -0.25) is 4.55 Å². The molecule has 4 aromatic carbocycles. The summed E-state index contributed by atoms with van der Waals surface area (Å²) in [7, 11) is -7.41. The molecular formula is C27H22O5PS+. The third-order valence-corrected chi connectivity index (χ3v) is 10.6. The first-order valence-electron chi connectivity index (χ1n) is 10.4. The van der Waals surface area contributed by atoms with Crippen LogP contribution >= 0.6 is 7.26 Å². The summed E-state index contributed by atoms with van der Waals surface area (Å²) in [5.74, 6) is -1.11. The molecule has 0 radical (unpaired) electrons. The quantitative estimate of drug-likeness (QED) is 0.229. The van der Waals surface area contributed by atoms with Gasteiger partial charge in [0.2, 0.25) is 0 Å². The Labute approximate surface area is 199 Å². The second-order valence-electron chi connectivity index (χ2n) is 7.55. The molecule has 0 heterocycles. The van der Waals surface area contributed by atoms with Crippen LogP contribution in [0.15, 0.2) is 126 Å². The predicted molar refractivity (Wildman–Crippen MR) is 137 cm³/mol. The van der Waals surface area contributed by atoms with E-state index in [1.807, 2.05) is 91.0 Å². The van der Waals surface area contributed by atoms with Crippen LogP contribution in [-0.4, -0.2) is 24.0 Å². The maximum absolute atomic E-state index is 12.2. The fourth-order valence-corrected chi connectivity index (χ4v) is 9.18. The zero-order chi connectivity index (χ0) is 24.2. The molecule has 0 aliphatic carbocycles. The summed E-state index contributed by atoms with van der Waals surface area (Å²) >= 11 is 0. The Bertz CT molecular complexity index is 1390. The van der Waals surface area contributed by atoms with Gasteiger partial charge in [-0.1, -0.05) is 72.8 Å². The molecule has 0 saturated heterocycles. The van der Waals surface area contributed by atoms with Crippen molar-refractivity contribution in [3.8, 4) is 0 Å². The molecule has 0 aromatic heterocycles. The second kappa shape index (κ2) is 9.74. The average molecular weight is 490 g/mol. The Morgan fingerprint density at radius 1 is 0.676 bits per heavy atom. The second-order valence-corrected chi connectivity index (χ2v) is 12.3. The van der Waals surface area contributed by atoms with Gasteiger partial charge in [0.15, 0.2) is 0 Å². The molecule has 0 spiro atoms. The molecule has 0 atom stereocenters. The Balaban J connectivity index is 2.23. The maximum Gasteiger partial charge on any atom is 0.332 e. The van der Waals surface area contributed by atoms with Gasteiger partial charge in [-0.15, -0.1) is 0 Å². The van der Waals surface area contributed by atoms with Crippen molar-refractivity contribution in [2.24, 2.45) is 0 Å². The van der Waals surface area contributed by atoms with Gasteiger partial charge in [-0.25, -0.2) is 4.79 Å². The number of aliphatic carboxylic acids is 1. The van der Waals surface area contributed by atoms with E-state index in [9.17, 15) is 22.9 Å². The highest BCUT2D eigenvalue weighted by Crippen LogP contribution is 2.66. The van der Waals surface area contributed by atoms with Gasteiger partial charge in [0.05, 0.1) is 11.0 Å². The summed E-state index contributed by atoms with van der Waals surface area (Å²) in [6.45, 7) is 0. The highest BCUT2D eigenvalue weighted by atomic mass is 32.2. The van der Waals surface area contributed by atoms with E-state index in [0.29, 0.717) is 16.2 Å². The van der Waals surface area contributed by atoms with E-state index < -0.39 is 23.3 Å². The van der Waals surface area contributed by atoms with E-state index in [4.69, 9.17) is 0 Å². The van der Waals surface area contributed by atoms with Gasteiger partial charge in [0.1, 0.15) is 28.5 Å². The molecule has 4 rings (SSSR count). The topological polar surface area (TPSA) is 91.7 Å². The van der Waals surface area contributed by atoms with Crippen LogP contribution in [0.5, 0.6) is 0 Å². The molecule has 170 valence electrons. The molecule has 0 aliphatic rings. The normalized spacial score (nSPS) is 12.3. The van der Waals surface area contributed by atoms with Crippen LogP contribution in [0.3, 0.4) is 0 Å². The Kier molecular flexibility index (Phi) is 6.75. The van der Waals surface area contributed by atoms with Crippen molar-refractivity contribution >= 4 is 44.6 Å². The number of carboxylic acids is 1. The lowest BCUT2D eigenvalue weighted by atomic mass is 10.2. The molecule has 0 amide bonds. The standard InChI is InChI=1S/C27H21O5PS/c28-27(29)20-26(21-11-4-1-5-12-21)33(22-13-6-2-7-14-22,23-15-8-3-9-16-23)24-17-10-18-25(19-24)34(30,31)32/h1-20H,(H-,28,29,30,31,32)/p+1/b26-20-. The zero-order valence-corrected chi connectivity index (χ0v) is 19.7. The lowest BCUT2D eigenvalue weighted by Crippen LogP contribution is -2.32. The minimum atomic E-state index is -4.48. The van der Waals surface area contributed by atoms with Crippen LogP contribution < -0.4 is 15.9 Å². The van der Waals surface area contributed by atoms with Gasteiger partial charge in [-0.2, -0.15) is 8.42 Å². The average Bonchev–Trinajstić information content (AvgIpc) is 2.85. The van der Waals surface area contributed by atoms with Gasteiger partial charge in [-0.05, 0) is 36.4 Å². The Morgan fingerprint density at radius 3 is 1.62 bits per heavy atom. The summed E-state index contributed by atoms with van der Waals surface area (Å²) in [6, 6.07) is 34.3. The van der Waals surface area contributed by atoms with E-state index in [1.54, 1.807) is 12.1 Å². The summed E-state index contributed by atoms with van der Waals surface area (Å²) < 4.78 is 33.9. The highest BCUT2D eigenvalue weighted by molar-refractivity contribution is 8.03. The SMILES string of the molecule is O=C(O)/C=C(/c1ccccc1)[P+](c1ccccc1)(c1ccccc1)c1cccc(S(=O)(=O)O)c1. The lowest BCUT2D eigenvalue weighted by Gasteiger charge is -2.29. The smallest absolute Gasteiger partial charge is 0.332 e. The fraction of sp³-hybridized carbons (Fsp3) is 0. The first-order valence-corrected chi connectivity index (χ1v) is 13.7.